The molecule has 104 valence electrons. The van der Waals surface area contributed by atoms with Gasteiger partial charge in [0.15, 0.2) is 5.78 Å². The van der Waals surface area contributed by atoms with Crippen LogP contribution in [0.2, 0.25) is 0 Å². The second-order valence-electron chi connectivity index (χ2n) is 4.96. The Labute approximate surface area is 117 Å². The van der Waals surface area contributed by atoms with Crippen LogP contribution < -0.4 is 10.6 Å². The van der Waals surface area contributed by atoms with E-state index in [9.17, 15) is 9.59 Å². The summed E-state index contributed by atoms with van der Waals surface area (Å²) in [5.74, 6) is 0.0328. The summed E-state index contributed by atoms with van der Waals surface area (Å²) in [5.41, 5.74) is 0. The lowest BCUT2D eigenvalue weighted by Gasteiger charge is -2.30. The van der Waals surface area contributed by atoms with Crippen molar-refractivity contribution in [3.8, 4) is 0 Å². The largest absolute Gasteiger partial charge is 0.352 e. The van der Waals surface area contributed by atoms with E-state index in [4.69, 9.17) is 0 Å². The molecule has 4 nitrogen and oxygen atoms in total. The van der Waals surface area contributed by atoms with Gasteiger partial charge in [0.05, 0.1) is 4.88 Å². The van der Waals surface area contributed by atoms with Gasteiger partial charge in [0.25, 0.3) is 0 Å². The van der Waals surface area contributed by atoms with Crippen LogP contribution >= 0.6 is 11.3 Å². The zero-order chi connectivity index (χ0) is 13.7. The van der Waals surface area contributed by atoms with Gasteiger partial charge in [-0.2, -0.15) is 0 Å². The molecule has 0 aromatic carbocycles. The summed E-state index contributed by atoms with van der Waals surface area (Å²) in [5, 5.41) is 8.24. The number of Topliss-reactive ketones (excluding diaryl/α,β-unsaturated/α-hetero) is 1. The maximum atomic E-state index is 11.8. The predicted molar refractivity (Wildman–Crippen MR) is 76.5 cm³/mol. The Balaban J connectivity index is 1.74. The third-order valence-corrected chi connectivity index (χ3v) is 4.39. The van der Waals surface area contributed by atoms with Gasteiger partial charge in [0, 0.05) is 24.9 Å². The van der Waals surface area contributed by atoms with Crippen molar-refractivity contribution in [2.75, 3.05) is 6.54 Å². The number of ketones is 1. The van der Waals surface area contributed by atoms with E-state index in [2.05, 4.69) is 17.6 Å². The lowest BCUT2D eigenvalue weighted by atomic mass is 9.99. The first-order valence-electron chi connectivity index (χ1n) is 6.76. The van der Waals surface area contributed by atoms with Crippen molar-refractivity contribution in [3.63, 3.8) is 0 Å². The molecule has 1 saturated heterocycles. The topological polar surface area (TPSA) is 58.2 Å². The normalized spacial score (nSPS) is 23.0. The molecule has 0 spiro atoms. The first kappa shape index (κ1) is 14.2. The van der Waals surface area contributed by atoms with Gasteiger partial charge >= 0.3 is 0 Å². The zero-order valence-corrected chi connectivity index (χ0v) is 12.0. The smallest absolute Gasteiger partial charge is 0.220 e. The molecule has 1 amide bonds. The lowest BCUT2D eigenvalue weighted by Crippen LogP contribution is -2.51. The van der Waals surface area contributed by atoms with Crippen LogP contribution in [0.5, 0.6) is 0 Å². The molecule has 2 heterocycles. The van der Waals surface area contributed by atoms with Gasteiger partial charge in [0.2, 0.25) is 5.91 Å². The van der Waals surface area contributed by atoms with Crippen LogP contribution in [0.4, 0.5) is 0 Å². The van der Waals surface area contributed by atoms with Crippen LogP contribution in [-0.2, 0) is 4.79 Å². The standard InChI is InChI=1S/C14H20N2O2S/c1-10-11(4-2-8-15-10)16-14(18)7-6-12(17)13-5-3-9-19-13/h3,5,9-11,15H,2,4,6-8H2,1H3,(H,16,18). The SMILES string of the molecule is CC1NCCCC1NC(=O)CCC(=O)c1cccs1. The number of nitrogens with one attached hydrogen (secondary N) is 2. The van der Waals surface area contributed by atoms with Crippen molar-refractivity contribution < 1.29 is 9.59 Å². The number of hydrogen-bond donors (Lipinski definition) is 2. The molecule has 1 aliphatic rings. The van der Waals surface area contributed by atoms with Crippen molar-refractivity contribution in [2.45, 2.75) is 44.7 Å². The van der Waals surface area contributed by atoms with E-state index in [1.807, 2.05) is 11.4 Å². The molecule has 0 saturated carbocycles. The van der Waals surface area contributed by atoms with E-state index >= 15 is 0 Å². The number of hydrogen-bond acceptors (Lipinski definition) is 4. The van der Waals surface area contributed by atoms with Crippen LogP contribution in [0.25, 0.3) is 0 Å². The molecule has 0 bridgehead atoms. The molecule has 0 aliphatic carbocycles. The first-order valence-corrected chi connectivity index (χ1v) is 7.64. The molecule has 0 radical (unpaired) electrons. The fraction of sp³-hybridized carbons (Fsp3) is 0.571. The Hall–Kier alpha value is -1.20. The van der Waals surface area contributed by atoms with Gasteiger partial charge in [-0.25, -0.2) is 0 Å². The number of amides is 1. The highest BCUT2D eigenvalue weighted by Gasteiger charge is 2.22. The number of carbonyl (C=O) groups is 2. The second-order valence-corrected chi connectivity index (χ2v) is 5.91. The minimum atomic E-state index is -0.0227. The molecule has 1 aromatic heterocycles. The Kier molecular flexibility index (Phi) is 5.10. The molecule has 2 unspecified atom stereocenters. The third-order valence-electron chi connectivity index (χ3n) is 3.48. The Morgan fingerprint density at radius 1 is 1.47 bits per heavy atom. The van der Waals surface area contributed by atoms with Crippen molar-refractivity contribution >= 4 is 23.0 Å². The van der Waals surface area contributed by atoms with Gasteiger partial charge in [-0.15, -0.1) is 11.3 Å². The molecule has 2 N–H and O–H groups in total. The molecule has 2 rings (SSSR count). The van der Waals surface area contributed by atoms with Gasteiger partial charge in [-0.1, -0.05) is 6.07 Å². The summed E-state index contributed by atoms with van der Waals surface area (Å²) in [7, 11) is 0. The van der Waals surface area contributed by atoms with Crippen LogP contribution in [0, 0.1) is 0 Å². The summed E-state index contributed by atoms with van der Waals surface area (Å²) in [6.07, 6.45) is 2.67. The van der Waals surface area contributed by atoms with Gasteiger partial charge < -0.3 is 10.6 Å². The molecule has 1 aliphatic heterocycles. The summed E-state index contributed by atoms with van der Waals surface area (Å²) in [6.45, 7) is 3.10. The molecule has 19 heavy (non-hydrogen) atoms. The van der Waals surface area contributed by atoms with Crippen LogP contribution in [0.15, 0.2) is 17.5 Å². The fourth-order valence-electron chi connectivity index (χ4n) is 2.31. The molecule has 1 fully saturated rings. The Morgan fingerprint density at radius 2 is 2.32 bits per heavy atom. The van der Waals surface area contributed by atoms with Crippen molar-refractivity contribution in [3.05, 3.63) is 22.4 Å². The summed E-state index contributed by atoms with van der Waals surface area (Å²) >= 11 is 1.43. The zero-order valence-electron chi connectivity index (χ0n) is 11.1. The lowest BCUT2D eigenvalue weighted by molar-refractivity contribution is -0.122. The fourth-order valence-corrected chi connectivity index (χ4v) is 3.00. The van der Waals surface area contributed by atoms with Gasteiger partial charge in [0.1, 0.15) is 0 Å². The minimum Gasteiger partial charge on any atom is -0.352 e. The van der Waals surface area contributed by atoms with Gasteiger partial charge in [-0.05, 0) is 37.8 Å². The summed E-state index contributed by atoms with van der Waals surface area (Å²) in [4.78, 5) is 24.4. The predicted octanol–water partition coefficient (Wildman–Crippen LogP) is 1.97. The van der Waals surface area contributed by atoms with Crippen molar-refractivity contribution in [1.29, 1.82) is 0 Å². The monoisotopic (exact) mass is 280 g/mol. The maximum absolute atomic E-state index is 11.8. The quantitative estimate of drug-likeness (QED) is 0.811. The number of rotatable bonds is 5. The van der Waals surface area contributed by atoms with E-state index in [0.29, 0.717) is 12.5 Å². The summed E-state index contributed by atoms with van der Waals surface area (Å²) < 4.78 is 0. The van der Waals surface area contributed by atoms with Gasteiger partial charge in [-0.3, -0.25) is 9.59 Å². The molecular formula is C14H20N2O2S. The van der Waals surface area contributed by atoms with E-state index < -0.39 is 0 Å². The number of carbonyl (C=O) groups excluding carboxylic acids is 2. The molecule has 1 aromatic rings. The van der Waals surface area contributed by atoms with E-state index in [1.165, 1.54) is 11.3 Å². The first-order chi connectivity index (χ1) is 9.16. The highest BCUT2D eigenvalue weighted by molar-refractivity contribution is 7.12. The highest BCUT2D eigenvalue weighted by atomic mass is 32.1. The van der Waals surface area contributed by atoms with Crippen molar-refractivity contribution in [1.82, 2.24) is 10.6 Å². The van der Waals surface area contributed by atoms with Crippen LogP contribution in [-0.4, -0.2) is 30.3 Å². The van der Waals surface area contributed by atoms with Crippen LogP contribution in [0.1, 0.15) is 42.3 Å². The minimum absolute atomic E-state index is 0.0227. The highest BCUT2D eigenvalue weighted by Crippen LogP contribution is 2.13. The summed E-state index contributed by atoms with van der Waals surface area (Å²) in [6, 6.07) is 4.16. The van der Waals surface area contributed by atoms with E-state index in [-0.39, 0.29) is 24.2 Å². The van der Waals surface area contributed by atoms with Crippen molar-refractivity contribution in [2.24, 2.45) is 0 Å². The Bertz CT molecular complexity index is 431. The Morgan fingerprint density at radius 3 is 3.00 bits per heavy atom. The maximum Gasteiger partial charge on any atom is 0.220 e. The van der Waals surface area contributed by atoms with Crippen LogP contribution in [0.3, 0.4) is 0 Å². The van der Waals surface area contributed by atoms with E-state index in [1.54, 1.807) is 6.07 Å². The molecular weight excluding hydrogens is 260 g/mol. The molecule has 2 atom stereocenters. The second kappa shape index (κ2) is 6.82. The average molecular weight is 280 g/mol. The number of thiophene rings is 1. The third kappa shape index (κ3) is 4.14. The number of piperidine rings is 1. The molecule has 5 heteroatoms. The van der Waals surface area contributed by atoms with E-state index in [0.717, 1.165) is 24.3 Å². The average Bonchev–Trinajstić information content (AvgIpc) is 2.93.